The normalized spacial score (nSPS) is 12.1. The first kappa shape index (κ1) is 12.2. The molecule has 1 aromatic carbocycles. The number of benzene rings is 1. The van der Waals surface area contributed by atoms with Gasteiger partial charge >= 0.3 is 5.97 Å². The standard InChI is InChI=1S/C11H13NO4/c1-7-3-4-10(12(15)16)9(5-7)6-8(2)11(13)14/h3-5,8H,6H2,1-2H3,(H,13,14). The van der Waals surface area contributed by atoms with Gasteiger partial charge in [0.05, 0.1) is 10.8 Å². The summed E-state index contributed by atoms with van der Waals surface area (Å²) in [6.07, 6.45) is 0.174. The van der Waals surface area contributed by atoms with Gasteiger partial charge < -0.3 is 5.11 Å². The molecule has 0 fully saturated rings. The maximum absolute atomic E-state index is 10.7. The Morgan fingerprint density at radius 2 is 2.19 bits per heavy atom. The van der Waals surface area contributed by atoms with E-state index in [0.29, 0.717) is 5.56 Å². The van der Waals surface area contributed by atoms with Gasteiger partial charge in [-0.1, -0.05) is 18.6 Å². The third kappa shape index (κ3) is 2.79. The van der Waals surface area contributed by atoms with Crippen molar-refractivity contribution < 1.29 is 14.8 Å². The van der Waals surface area contributed by atoms with E-state index in [4.69, 9.17) is 5.11 Å². The predicted molar refractivity (Wildman–Crippen MR) is 58.3 cm³/mol. The van der Waals surface area contributed by atoms with Crippen molar-refractivity contribution in [3.05, 3.63) is 39.4 Å². The van der Waals surface area contributed by atoms with Gasteiger partial charge in [-0.25, -0.2) is 0 Å². The van der Waals surface area contributed by atoms with Crippen molar-refractivity contribution in [2.24, 2.45) is 5.92 Å². The summed E-state index contributed by atoms with van der Waals surface area (Å²) in [5.41, 5.74) is 1.34. The third-order valence-corrected chi connectivity index (χ3v) is 2.38. The lowest BCUT2D eigenvalue weighted by Gasteiger charge is -2.07. The van der Waals surface area contributed by atoms with E-state index in [-0.39, 0.29) is 12.1 Å². The quantitative estimate of drug-likeness (QED) is 0.626. The Bertz CT molecular complexity index is 428. The average molecular weight is 223 g/mol. The Morgan fingerprint density at radius 1 is 1.56 bits per heavy atom. The molecule has 0 saturated heterocycles. The number of nitro groups is 1. The highest BCUT2D eigenvalue weighted by Crippen LogP contribution is 2.22. The number of carboxylic acid groups (broad SMARTS) is 1. The molecule has 5 heteroatoms. The summed E-state index contributed by atoms with van der Waals surface area (Å²) in [5, 5.41) is 19.5. The molecule has 1 atom stereocenters. The minimum absolute atomic E-state index is 0.0151. The fourth-order valence-corrected chi connectivity index (χ4v) is 1.47. The second-order valence-corrected chi connectivity index (χ2v) is 3.83. The van der Waals surface area contributed by atoms with E-state index >= 15 is 0 Å². The summed E-state index contributed by atoms with van der Waals surface area (Å²) in [6.45, 7) is 3.35. The van der Waals surface area contributed by atoms with Crippen LogP contribution >= 0.6 is 0 Å². The van der Waals surface area contributed by atoms with Crippen molar-refractivity contribution in [1.82, 2.24) is 0 Å². The number of nitro benzene ring substituents is 1. The molecule has 0 heterocycles. The van der Waals surface area contributed by atoms with Gasteiger partial charge in [0.15, 0.2) is 0 Å². The molecule has 0 amide bonds. The molecule has 0 aliphatic carbocycles. The van der Waals surface area contributed by atoms with Crippen LogP contribution in [0.5, 0.6) is 0 Å². The minimum atomic E-state index is -0.948. The van der Waals surface area contributed by atoms with E-state index in [2.05, 4.69) is 0 Å². The third-order valence-electron chi connectivity index (χ3n) is 2.38. The van der Waals surface area contributed by atoms with E-state index in [9.17, 15) is 14.9 Å². The van der Waals surface area contributed by atoms with Crippen LogP contribution in [0.2, 0.25) is 0 Å². The summed E-state index contributed by atoms with van der Waals surface area (Å²) in [6, 6.07) is 4.73. The van der Waals surface area contributed by atoms with Gasteiger partial charge in [-0.3, -0.25) is 14.9 Å². The molecule has 0 spiro atoms. The molecule has 0 aliphatic rings. The average Bonchev–Trinajstić information content (AvgIpc) is 2.16. The number of hydrogen-bond donors (Lipinski definition) is 1. The number of hydrogen-bond acceptors (Lipinski definition) is 3. The molecule has 0 bridgehead atoms. The van der Waals surface area contributed by atoms with Crippen molar-refractivity contribution >= 4 is 11.7 Å². The molecular weight excluding hydrogens is 210 g/mol. The summed E-state index contributed by atoms with van der Waals surface area (Å²) in [5.74, 6) is -1.57. The lowest BCUT2D eigenvalue weighted by atomic mass is 9.98. The second-order valence-electron chi connectivity index (χ2n) is 3.83. The highest BCUT2D eigenvalue weighted by molar-refractivity contribution is 5.70. The molecule has 0 saturated carbocycles. The van der Waals surface area contributed by atoms with E-state index in [1.54, 1.807) is 12.1 Å². The summed E-state index contributed by atoms with van der Waals surface area (Å²) < 4.78 is 0. The van der Waals surface area contributed by atoms with Crippen molar-refractivity contribution in [3.63, 3.8) is 0 Å². The van der Waals surface area contributed by atoms with Crippen LogP contribution in [-0.4, -0.2) is 16.0 Å². The Hall–Kier alpha value is -1.91. The van der Waals surface area contributed by atoms with Crippen LogP contribution in [0.4, 0.5) is 5.69 Å². The minimum Gasteiger partial charge on any atom is -0.481 e. The molecule has 5 nitrogen and oxygen atoms in total. The van der Waals surface area contributed by atoms with E-state index in [1.807, 2.05) is 6.92 Å². The Balaban J connectivity index is 3.05. The van der Waals surface area contributed by atoms with Gasteiger partial charge in [0.25, 0.3) is 5.69 Å². The van der Waals surface area contributed by atoms with Crippen LogP contribution in [0.15, 0.2) is 18.2 Å². The lowest BCUT2D eigenvalue weighted by molar-refractivity contribution is -0.385. The van der Waals surface area contributed by atoms with Crippen molar-refractivity contribution in [3.8, 4) is 0 Å². The van der Waals surface area contributed by atoms with E-state index in [0.717, 1.165) is 5.56 Å². The molecule has 86 valence electrons. The molecule has 0 radical (unpaired) electrons. The van der Waals surface area contributed by atoms with Gasteiger partial charge in [-0.15, -0.1) is 0 Å². The van der Waals surface area contributed by atoms with Crippen molar-refractivity contribution in [2.75, 3.05) is 0 Å². The smallest absolute Gasteiger partial charge is 0.306 e. The van der Waals surface area contributed by atoms with Gasteiger partial charge in [-0.05, 0) is 19.4 Å². The van der Waals surface area contributed by atoms with Gasteiger partial charge in [0.2, 0.25) is 0 Å². The number of rotatable bonds is 4. The largest absolute Gasteiger partial charge is 0.481 e. The zero-order valence-corrected chi connectivity index (χ0v) is 9.14. The molecule has 0 aliphatic heterocycles. The first-order chi connectivity index (χ1) is 7.41. The number of aliphatic carboxylic acids is 1. The fraction of sp³-hybridized carbons (Fsp3) is 0.364. The highest BCUT2D eigenvalue weighted by atomic mass is 16.6. The molecule has 1 rings (SSSR count). The molecule has 16 heavy (non-hydrogen) atoms. The zero-order valence-electron chi connectivity index (χ0n) is 9.14. The first-order valence-electron chi connectivity index (χ1n) is 4.88. The van der Waals surface area contributed by atoms with Crippen LogP contribution in [0.3, 0.4) is 0 Å². The predicted octanol–water partition coefficient (Wildman–Crippen LogP) is 2.17. The summed E-state index contributed by atoms with van der Waals surface area (Å²) >= 11 is 0. The monoisotopic (exact) mass is 223 g/mol. The maximum Gasteiger partial charge on any atom is 0.306 e. The molecule has 1 unspecified atom stereocenters. The van der Waals surface area contributed by atoms with Crippen molar-refractivity contribution in [2.45, 2.75) is 20.3 Å². The van der Waals surface area contributed by atoms with Crippen LogP contribution in [-0.2, 0) is 11.2 Å². The number of nitrogens with zero attached hydrogens (tertiary/aromatic N) is 1. The molecule has 0 aromatic heterocycles. The summed E-state index contributed by atoms with van der Waals surface area (Å²) in [7, 11) is 0. The van der Waals surface area contributed by atoms with E-state index in [1.165, 1.54) is 13.0 Å². The summed E-state index contributed by atoms with van der Waals surface area (Å²) in [4.78, 5) is 21.0. The van der Waals surface area contributed by atoms with Gasteiger partial charge in [0.1, 0.15) is 0 Å². The van der Waals surface area contributed by atoms with Crippen LogP contribution < -0.4 is 0 Å². The van der Waals surface area contributed by atoms with E-state index < -0.39 is 16.8 Å². The Labute approximate surface area is 92.9 Å². The maximum atomic E-state index is 10.7. The molecule has 1 aromatic rings. The van der Waals surface area contributed by atoms with Gasteiger partial charge in [-0.2, -0.15) is 0 Å². The molecule has 1 N–H and O–H groups in total. The Morgan fingerprint density at radius 3 is 2.69 bits per heavy atom. The van der Waals surface area contributed by atoms with Crippen LogP contribution in [0.1, 0.15) is 18.1 Å². The number of aryl methyl sites for hydroxylation is 1. The topological polar surface area (TPSA) is 80.4 Å². The number of carboxylic acids is 1. The Kier molecular flexibility index (Phi) is 3.60. The van der Waals surface area contributed by atoms with Gasteiger partial charge in [0, 0.05) is 11.6 Å². The zero-order chi connectivity index (χ0) is 12.3. The number of carbonyl (C=O) groups is 1. The van der Waals surface area contributed by atoms with Crippen LogP contribution in [0, 0.1) is 23.0 Å². The fourth-order valence-electron chi connectivity index (χ4n) is 1.47. The lowest BCUT2D eigenvalue weighted by Crippen LogP contribution is -2.13. The molecular formula is C11H13NO4. The first-order valence-corrected chi connectivity index (χ1v) is 4.88. The van der Waals surface area contributed by atoms with Crippen LogP contribution in [0.25, 0.3) is 0 Å². The van der Waals surface area contributed by atoms with Crippen molar-refractivity contribution in [1.29, 1.82) is 0 Å². The highest BCUT2D eigenvalue weighted by Gasteiger charge is 2.19. The SMILES string of the molecule is Cc1ccc([N+](=O)[O-])c(CC(C)C(=O)O)c1. The second kappa shape index (κ2) is 4.74.